The van der Waals surface area contributed by atoms with Crippen molar-refractivity contribution in [2.45, 2.75) is 6.92 Å². The van der Waals surface area contributed by atoms with Crippen LogP contribution in [0.1, 0.15) is 5.56 Å². The van der Waals surface area contributed by atoms with Crippen LogP contribution in [0.25, 0.3) is 10.9 Å². The number of aromatic nitrogens is 1. The highest BCUT2D eigenvalue weighted by Crippen LogP contribution is 2.32. The van der Waals surface area contributed by atoms with Crippen LogP contribution >= 0.6 is 27.5 Å². The van der Waals surface area contributed by atoms with Crippen molar-refractivity contribution in [2.75, 3.05) is 0 Å². The normalized spacial score (nSPS) is 11.1. The fourth-order valence-electron chi connectivity index (χ4n) is 1.67. The van der Waals surface area contributed by atoms with E-state index in [9.17, 15) is 9.18 Å². The van der Waals surface area contributed by atoms with E-state index in [1.807, 2.05) is 0 Å². The van der Waals surface area contributed by atoms with Gasteiger partial charge in [-0.3, -0.25) is 4.79 Å². The van der Waals surface area contributed by atoms with Crippen molar-refractivity contribution in [1.82, 2.24) is 4.57 Å². The Morgan fingerprint density at radius 2 is 2.06 bits per heavy atom. The quantitative estimate of drug-likeness (QED) is 0.731. The fraction of sp³-hybridized carbons (Fsp3) is 0.182. The lowest BCUT2D eigenvalue weighted by Crippen LogP contribution is -2.20. The Balaban J connectivity index is 3.15. The summed E-state index contributed by atoms with van der Waals surface area (Å²) in [5.41, 5.74) is 0.854. The molecule has 1 aromatic heterocycles. The molecule has 2 nitrogen and oxygen atoms in total. The van der Waals surface area contributed by atoms with Crippen molar-refractivity contribution in [3.8, 4) is 0 Å². The summed E-state index contributed by atoms with van der Waals surface area (Å²) in [6, 6.07) is 2.85. The summed E-state index contributed by atoms with van der Waals surface area (Å²) in [7, 11) is 1.64. The average Bonchev–Trinajstić information content (AvgIpc) is 2.27. The summed E-state index contributed by atoms with van der Waals surface area (Å²) in [4.78, 5) is 11.8. The van der Waals surface area contributed by atoms with Crippen LogP contribution < -0.4 is 5.56 Å². The summed E-state index contributed by atoms with van der Waals surface area (Å²) >= 11 is 9.22. The first kappa shape index (κ1) is 11.6. The number of pyridine rings is 1. The van der Waals surface area contributed by atoms with Crippen LogP contribution in [0, 0.1) is 12.7 Å². The predicted molar refractivity (Wildman–Crippen MR) is 66.6 cm³/mol. The molecule has 1 heterocycles. The highest BCUT2D eigenvalue weighted by molar-refractivity contribution is 9.10. The first-order valence-corrected chi connectivity index (χ1v) is 5.75. The monoisotopic (exact) mass is 303 g/mol. The number of hydrogen-bond acceptors (Lipinski definition) is 1. The Hall–Kier alpha value is -0.870. The second-order valence-electron chi connectivity index (χ2n) is 3.56. The van der Waals surface area contributed by atoms with Gasteiger partial charge in [0.25, 0.3) is 5.56 Å². The van der Waals surface area contributed by atoms with E-state index in [-0.39, 0.29) is 10.0 Å². The Bertz CT molecular complexity index is 651. The Kier molecular flexibility index (Phi) is 2.80. The molecule has 0 bridgehead atoms. The summed E-state index contributed by atoms with van der Waals surface area (Å²) in [5, 5.41) is 0.825. The summed E-state index contributed by atoms with van der Waals surface area (Å²) < 4.78 is 15.1. The van der Waals surface area contributed by atoms with Gasteiger partial charge in [-0.05, 0) is 35.0 Å². The van der Waals surface area contributed by atoms with Gasteiger partial charge >= 0.3 is 0 Å². The smallest absolute Gasteiger partial charge is 0.255 e. The fourth-order valence-corrected chi connectivity index (χ4v) is 2.59. The molecule has 0 atom stereocenters. The minimum atomic E-state index is -0.396. The topological polar surface area (TPSA) is 22.0 Å². The van der Waals surface area contributed by atoms with Crippen molar-refractivity contribution in [3.05, 3.63) is 43.4 Å². The second-order valence-corrected chi connectivity index (χ2v) is 4.73. The van der Waals surface area contributed by atoms with E-state index < -0.39 is 5.82 Å². The van der Waals surface area contributed by atoms with E-state index in [0.29, 0.717) is 21.5 Å². The standard InChI is InChI=1S/C11H8BrClFNO/c1-5-10(13)8-7(15(2)11(5)16)4-3-6(14)9(8)12/h3-4H,1-2H3. The van der Waals surface area contributed by atoms with Crippen LogP contribution in [-0.2, 0) is 7.05 Å². The van der Waals surface area contributed by atoms with Gasteiger partial charge in [-0.25, -0.2) is 4.39 Å². The van der Waals surface area contributed by atoms with Gasteiger partial charge < -0.3 is 4.57 Å². The molecular formula is C11H8BrClFNO. The van der Waals surface area contributed by atoms with Crippen molar-refractivity contribution in [2.24, 2.45) is 7.05 Å². The van der Waals surface area contributed by atoms with E-state index in [4.69, 9.17) is 11.6 Å². The third-order valence-electron chi connectivity index (χ3n) is 2.61. The van der Waals surface area contributed by atoms with Gasteiger partial charge in [0, 0.05) is 18.0 Å². The highest BCUT2D eigenvalue weighted by atomic mass is 79.9. The molecular weight excluding hydrogens is 296 g/mol. The van der Waals surface area contributed by atoms with Crippen molar-refractivity contribution in [3.63, 3.8) is 0 Å². The van der Waals surface area contributed by atoms with Gasteiger partial charge in [0.2, 0.25) is 0 Å². The molecule has 0 amide bonds. The van der Waals surface area contributed by atoms with Gasteiger partial charge in [-0.1, -0.05) is 11.6 Å². The van der Waals surface area contributed by atoms with Crippen LogP contribution in [0.4, 0.5) is 4.39 Å². The molecule has 0 aliphatic heterocycles. The summed E-state index contributed by atoms with van der Waals surface area (Å²) in [5.74, 6) is -0.396. The molecule has 0 aliphatic carbocycles. The molecule has 16 heavy (non-hydrogen) atoms. The molecule has 0 aliphatic rings. The Labute approximate surface area is 105 Å². The number of aryl methyl sites for hydroxylation is 1. The molecule has 0 saturated heterocycles. The summed E-state index contributed by atoms with van der Waals surface area (Å²) in [6.07, 6.45) is 0. The van der Waals surface area contributed by atoms with Crippen LogP contribution in [0.3, 0.4) is 0 Å². The number of nitrogens with zero attached hydrogens (tertiary/aromatic N) is 1. The number of rotatable bonds is 0. The van der Waals surface area contributed by atoms with Crippen molar-refractivity contribution >= 4 is 38.4 Å². The van der Waals surface area contributed by atoms with Gasteiger partial charge in [0.05, 0.1) is 15.0 Å². The maximum Gasteiger partial charge on any atom is 0.255 e. The Morgan fingerprint density at radius 1 is 1.44 bits per heavy atom. The predicted octanol–water partition coefficient (Wildman–Crippen LogP) is 3.40. The zero-order valence-electron chi connectivity index (χ0n) is 8.64. The number of fused-ring (bicyclic) bond motifs is 1. The van der Waals surface area contributed by atoms with E-state index in [0.717, 1.165) is 0 Å². The molecule has 0 N–H and O–H groups in total. The lowest BCUT2D eigenvalue weighted by Gasteiger charge is -2.11. The molecule has 84 valence electrons. The largest absolute Gasteiger partial charge is 0.311 e. The molecule has 0 fully saturated rings. The molecule has 0 spiro atoms. The molecule has 0 saturated carbocycles. The minimum Gasteiger partial charge on any atom is -0.311 e. The van der Waals surface area contributed by atoms with Gasteiger partial charge in [0.1, 0.15) is 5.82 Å². The lowest BCUT2D eigenvalue weighted by atomic mass is 10.1. The van der Waals surface area contributed by atoms with Crippen molar-refractivity contribution < 1.29 is 4.39 Å². The van der Waals surface area contributed by atoms with Crippen LogP contribution in [0.15, 0.2) is 21.4 Å². The maximum absolute atomic E-state index is 13.4. The zero-order valence-corrected chi connectivity index (χ0v) is 11.0. The average molecular weight is 305 g/mol. The molecule has 1 aromatic carbocycles. The van der Waals surface area contributed by atoms with Crippen LogP contribution in [-0.4, -0.2) is 4.57 Å². The number of hydrogen-bond donors (Lipinski definition) is 0. The van der Waals surface area contributed by atoms with Gasteiger partial charge in [0.15, 0.2) is 0 Å². The van der Waals surface area contributed by atoms with Gasteiger partial charge in [-0.15, -0.1) is 0 Å². The SMILES string of the molecule is Cc1c(Cl)c2c(Br)c(F)ccc2n(C)c1=O. The molecule has 2 aromatic rings. The maximum atomic E-state index is 13.4. The van der Waals surface area contributed by atoms with Gasteiger partial charge in [-0.2, -0.15) is 0 Å². The van der Waals surface area contributed by atoms with Crippen LogP contribution in [0.2, 0.25) is 5.02 Å². The van der Waals surface area contributed by atoms with E-state index in [1.165, 1.54) is 10.6 Å². The molecule has 0 radical (unpaired) electrons. The van der Waals surface area contributed by atoms with E-state index >= 15 is 0 Å². The first-order valence-electron chi connectivity index (χ1n) is 4.58. The Morgan fingerprint density at radius 3 is 2.69 bits per heavy atom. The minimum absolute atomic E-state index is 0.170. The molecule has 2 rings (SSSR count). The third kappa shape index (κ3) is 1.48. The molecule has 0 unspecified atom stereocenters. The lowest BCUT2D eigenvalue weighted by molar-refractivity contribution is 0.623. The number of halogens is 3. The molecule has 5 heteroatoms. The second kappa shape index (κ2) is 3.86. The number of benzene rings is 1. The highest BCUT2D eigenvalue weighted by Gasteiger charge is 2.14. The van der Waals surface area contributed by atoms with Crippen molar-refractivity contribution in [1.29, 1.82) is 0 Å². The van der Waals surface area contributed by atoms with E-state index in [2.05, 4.69) is 15.9 Å². The zero-order chi connectivity index (χ0) is 12.0. The third-order valence-corrected chi connectivity index (χ3v) is 3.86. The van der Waals surface area contributed by atoms with E-state index in [1.54, 1.807) is 20.0 Å². The summed E-state index contributed by atoms with van der Waals surface area (Å²) in [6.45, 7) is 1.63. The first-order chi connectivity index (χ1) is 7.45. The van der Waals surface area contributed by atoms with Crippen LogP contribution in [0.5, 0.6) is 0 Å².